The molecule has 1 atom stereocenters. The summed E-state index contributed by atoms with van der Waals surface area (Å²) in [5.74, 6) is 0.195. The largest absolute Gasteiger partial charge is 0.483 e. The van der Waals surface area contributed by atoms with Gasteiger partial charge in [0.1, 0.15) is 22.9 Å². The lowest BCUT2D eigenvalue weighted by molar-refractivity contribution is -0.134. The van der Waals surface area contributed by atoms with Crippen molar-refractivity contribution in [2.45, 2.75) is 30.4 Å². The molecule has 2 aliphatic heterocycles. The molecule has 1 spiro atoms. The van der Waals surface area contributed by atoms with Gasteiger partial charge in [0.15, 0.2) is 0 Å². The van der Waals surface area contributed by atoms with E-state index in [1.54, 1.807) is 29.2 Å². The third kappa shape index (κ3) is 3.89. The second-order valence-electron chi connectivity index (χ2n) is 7.36. The normalized spacial score (nSPS) is 23.6. The highest BCUT2D eigenvalue weighted by molar-refractivity contribution is 7.89. The van der Waals surface area contributed by atoms with E-state index in [1.807, 2.05) is 12.3 Å². The molecule has 1 amide bonds. The molecule has 0 aliphatic carbocycles. The van der Waals surface area contributed by atoms with Crippen molar-refractivity contribution in [2.24, 2.45) is 0 Å². The van der Waals surface area contributed by atoms with Crippen LogP contribution in [0.3, 0.4) is 0 Å². The van der Waals surface area contributed by atoms with Gasteiger partial charge in [-0.2, -0.15) is 4.31 Å². The van der Waals surface area contributed by atoms with Crippen molar-refractivity contribution in [3.05, 3.63) is 40.3 Å². The van der Waals surface area contributed by atoms with Crippen LogP contribution in [-0.2, 0) is 26.1 Å². The van der Waals surface area contributed by atoms with Crippen molar-refractivity contribution < 1.29 is 22.7 Å². The number of aryl methyl sites for hydroxylation is 1. The molecule has 0 radical (unpaired) electrons. The Morgan fingerprint density at radius 1 is 1.34 bits per heavy atom. The summed E-state index contributed by atoms with van der Waals surface area (Å²) in [6.45, 7) is 3.00. The van der Waals surface area contributed by atoms with Gasteiger partial charge in [-0.05, 0) is 19.1 Å². The van der Waals surface area contributed by atoms with Crippen LogP contribution in [0.1, 0.15) is 17.1 Å². The Hall–Kier alpha value is -2.01. The third-order valence-electron chi connectivity index (χ3n) is 5.20. The van der Waals surface area contributed by atoms with Crippen LogP contribution < -0.4 is 4.74 Å². The standard InChI is InChI=1S/C19H23N3O5S2/c1-14-20-15(11-28-14)9-22-13-19(7-8-21(12-19)18(23)10-26-2)27-16-5-3-4-6-17(16)29(22,24)25/h3-6,11H,7-10,12-13H2,1-2H3/t19-/m1/s1. The van der Waals surface area contributed by atoms with Crippen LogP contribution in [0.25, 0.3) is 0 Å². The summed E-state index contributed by atoms with van der Waals surface area (Å²) in [6, 6.07) is 6.67. The molecule has 10 heteroatoms. The molecule has 2 aromatic rings. The summed E-state index contributed by atoms with van der Waals surface area (Å²) in [5, 5.41) is 2.76. The van der Waals surface area contributed by atoms with Gasteiger partial charge in [0.25, 0.3) is 0 Å². The van der Waals surface area contributed by atoms with E-state index in [1.165, 1.54) is 22.8 Å². The first-order valence-electron chi connectivity index (χ1n) is 9.29. The molecule has 0 bridgehead atoms. The highest BCUT2D eigenvalue weighted by atomic mass is 32.2. The molecule has 0 saturated carbocycles. The molecule has 8 nitrogen and oxygen atoms in total. The van der Waals surface area contributed by atoms with Gasteiger partial charge in [-0.15, -0.1) is 11.3 Å². The maximum Gasteiger partial charge on any atom is 0.248 e. The molecule has 29 heavy (non-hydrogen) atoms. The Morgan fingerprint density at radius 2 is 2.14 bits per heavy atom. The zero-order valence-corrected chi connectivity index (χ0v) is 18.0. The minimum atomic E-state index is -3.77. The van der Waals surface area contributed by atoms with Crippen LogP contribution in [0.15, 0.2) is 34.5 Å². The van der Waals surface area contributed by atoms with Gasteiger partial charge in [0.05, 0.1) is 30.3 Å². The van der Waals surface area contributed by atoms with E-state index in [-0.39, 0.29) is 30.5 Å². The number of para-hydroxylation sites is 1. The number of nitrogens with zero attached hydrogens (tertiary/aromatic N) is 3. The number of fused-ring (bicyclic) bond motifs is 1. The molecule has 1 aromatic carbocycles. The molecule has 1 fully saturated rings. The molecule has 4 rings (SSSR count). The topological polar surface area (TPSA) is 89.0 Å². The first-order chi connectivity index (χ1) is 13.8. The Kier molecular flexibility index (Phi) is 5.36. The molecule has 0 N–H and O–H groups in total. The first-order valence-corrected chi connectivity index (χ1v) is 11.6. The summed E-state index contributed by atoms with van der Waals surface area (Å²) in [5.41, 5.74) is -0.107. The van der Waals surface area contributed by atoms with E-state index in [0.717, 1.165) is 5.01 Å². The van der Waals surface area contributed by atoms with Crippen LogP contribution in [0, 0.1) is 6.92 Å². The van der Waals surface area contributed by atoms with Crippen LogP contribution in [0.5, 0.6) is 5.75 Å². The molecule has 3 heterocycles. The molecule has 1 aromatic heterocycles. The number of methoxy groups -OCH3 is 1. The molecular weight excluding hydrogens is 414 g/mol. The average Bonchev–Trinajstić information content (AvgIpc) is 3.26. The maximum atomic E-state index is 13.4. The van der Waals surface area contributed by atoms with Gasteiger partial charge >= 0.3 is 0 Å². The zero-order chi connectivity index (χ0) is 20.6. The highest BCUT2D eigenvalue weighted by Crippen LogP contribution is 2.39. The number of likely N-dealkylation sites (tertiary alicyclic amines) is 1. The monoisotopic (exact) mass is 437 g/mol. The Balaban J connectivity index is 1.71. The highest BCUT2D eigenvalue weighted by Gasteiger charge is 2.48. The molecular formula is C19H23N3O5S2. The van der Waals surface area contributed by atoms with Crippen molar-refractivity contribution in [1.29, 1.82) is 0 Å². The smallest absolute Gasteiger partial charge is 0.248 e. The number of hydrogen-bond acceptors (Lipinski definition) is 7. The Bertz CT molecular complexity index is 1020. The minimum absolute atomic E-state index is 0.00716. The van der Waals surface area contributed by atoms with E-state index in [4.69, 9.17) is 9.47 Å². The van der Waals surface area contributed by atoms with E-state index < -0.39 is 15.6 Å². The number of thiazole rings is 1. The van der Waals surface area contributed by atoms with Gasteiger partial charge < -0.3 is 14.4 Å². The van der Waals surface area contributed by atoms with E-state index in [0.29, 0.717) is 31.0 Å². The van der Waals surface area contributed by atoms with Crippen LogP contribution in [0.2, 0.25) is 0 Å². The van der Waals surface area contributed by atoms with E-state index in [2.05, 4.69) is 4.98 Å². The number of ether oxygens (including phenoxy) is 2. The predicted octanol–water partition coefficient (Wildman–Crippen LogP) is 1.65. The summed E-state index contributed by atoms with van der Waals surface area (Å²) < 4.78 is 39.5. The number of rotatable bonds is 4. The number of carbonyl (C=O) groups excluding carboxylic acids is 1. The number of carbonyl (C=O) groups is 1. The fraction of sp³-hybridized carbons (Fsp3) is 0.474. The summed E-state index contributed by atoms with van der Waals surface area (Å²) in [7, 11) is -2.30. The zero-order valence-electron chi connectivity index (χ0n) is 16.3. The Morgan fingerprint density at radius 3 is 2.86 bits per heavy atom. The lowest BCUT2D eigenvalue weighted by Crippen LogP contribution is -2.49. The van der Waals surface area contributed by atoms with E-state index >= 15 is 0 Å². The number of hydrogen-bond donors (Lipinski definition) is 0. The minimum Gasteiger partial charge on any atom is -0.483 e. The van der Waals surface area contributed by atoms with Crippen molar-refractivity contribution in [3.63, 3.8) is 0 Å². The van der Waals surface area contributed by atoms with Crippen molar-refractivity contribution in [1.82, 2.24) is 14.2 Å². The Labute approximate surface area is 174 Å². The quantitative estimate of drug-likeness (QED) is 0.723. The lowest BCUT2D eigenvalue weighted by Gasteiger charge is -2.31. The van der Waals surface area contributed by atoms with Crippen LogP contribution in [0.4, 0.5) is 0 Å². The predicted molar refractivity (Wildman–Crippen MR) is 107 cm³/mol. The van der Waals surface area contributed by atoms with Crippen LogP contribution in [-0.4, -0.2) is 67.5 Å². The third-order valence-corrected chi connectivity index (χ3v) is 7.85. The number of aromatic nitrogens is 1. The van der Waals surface area contributed by atoms with Gasteiger partial charge in [-0.3, -0.25) is 4.79 Å². The number of benzene rings is 1. The average molecular weight is 438 g/mol. The second kappa shape index (κ2) is 7.67. The van der Waals surface area contributed by atoms with Gasteiger partial charge in [-0.25, -0.2) is 13.4 Å². The summed E-state index contributed by atoms with van der Waals surface area (Å²) >= 11 is 1.49. The van der Waals surface area contributed by atoms with E-state index in [9.17, 15) is 13.2 Å². The summed E-state index contributed by atoms with van der Waals surface area (Å²) in [4.78, 5) is 18.6. The fourth-order valence-corrected chi connectivity index (χ4v) is 6.05. The van der Waals surface area contributed by atoms with Gasteiger partial charge in [-0.1, -0.05) is 12.1 Å². The van der Waals surface area contributed by atoms with Crippen molar-refractivity contribution >= 4 is 27.3 Å². The number of amides is 1. The molecule has 1 saturated heterocycles. The molecule has 2 aliphatic rings. The molecule has 0 unspecified atom stereocenters. The van der Waals surface area contributed by atoms with Crippen LogP contribution >= 0.6 is 11.3 Å². The fourth-order valence-electron chi connectivity index (χ4n) is 3.85. The van der Waals surface area contributed by atoms with Crippen molar-refractivity contribution in [3.8, 4) is 5.75 Å². The lowest BCUT2D eigenvalue weighted by atomic mass is 10.0. The second-order valence-corrected chi connectivity index (χ2v) is 10.3. The molecule has 156 valence electrons. The van der Waals surface area contributed by atoms with Gasteiger partial charge in [0.2, 0.25) is 15.9 Å². The maximum absolute atomic E-state index is 13.4. The summed E-state index contributed by atoms with van der Waals surface area (Å²) in [6.07, 6.45) is 0.541. The van der Waals surface area contributed by atoms with Gasteiger partial charge in [0, 0.05) is 25.5 Å². The SMILES string of the molecule is COCC(=O)N1CC[C@@]2(C1)CN(Cc1csc(C)n1)S(=O)(=O)c1ccccc1O2. The van der Waals surface area contributed by atoms with Crippen molar-refractivity contribution in [2.75, 3.05) is 33.4 Å². The first kappa shape index (κ1) is 20.3. The number of sulfonamides is 1.